The average Bonchev–Trinajstić information content (AvgIpc) is 2.40. The molecule has 104 valence electrons. The highest BCUT2D eigenvalue weighted by atomic mass is 32.2. The summed E-state index contributed by atoms with van der Waals surface area (Å²) >= 11 is 1.06. The second kappa shape index (κ2) is 5.49. The summed E-state index contributed by atoms with van der Waals surface area (Å²) in [5, 5.41) is 9.58. The van der Waals surface area contributed by atoms with Gasteiger partial charge >= 0.3 is 12.0 Å². The molecule has 2 heterocycles. The lowest BCUT2D eigenvalue weighted by atomic mass is 10.2. The smallest absolute Gasteiger partial charge is 0.319 e. The van der Waals surface area contributed by atoms with E-state index in [9.17, 15) is 9.18 Å². The lowest BCUT2D eigenvalue weighted by Crippen LogP contribution is -2.27. The van der Waals surface area contributed by atoms with Crippen LogP contribution >= 0.6 is 11.8 Å². The van der Waals surface area contributed by atoms with Gasteiger partial charge in [-0.1, -0.05) is 11.8 Å². The molecule has 0 aliphatic heterocycles. The van der Waals surface area contributed by atoms with Gasteiger partial charge in [-0.3, -0.25) is 9.78 Å². The second-order valence-electron chi connectivity index (χ2n) is 4.37. The van der Waals surface area contributed by atoms with E-state index in [1.54, 1.807) is 13.8 Å². The first-order valence-corrected chi connectivity index (χ1v) is 6.43. The molecule has 0 unspecified atom stereocenters. The molecule has 20 heavy (non-hydrogen) atoms. The number of aromatic nitrogens is 4. The summed E-state index contributed by atoms with van der Waals surface area (Å²) < 4.78 is 11.7. The van der Waals surface area contributed by atoms with Gasteiger partial charge in [-0.25, -0.2) is 15.0 Å². The van der Waals surface area contributed by atoms with E-state index >= 15 is 0 Å². The highest BCUT2D eigenvalue weighted by Crippen LogP contribution is 2.35. The molecule has 0 saturated carbocycles. The third-order valence-electron chi connectivity index (χ3n) is 2.43. The third-order valence-corrected chi connectivity index (χ3v) is 3.60. The fourth-order valence-corrected chi connectivity index (χ4v) is 2.27. The Hall–Kier alpha value is -2.09. The second-order valence-corrected chi connectivity index (χ2v) is 5.98. The Morgan fingerprint density at radius 3 is 2.40 bits per heavy atom. The Balaban J connectivity index is 2.41. The highest BCUT2D eigenvalue weighted by molar-refractivity contribution is 8.01. The van der Waals surface area contributed by atoms with Crippen LogP contribution in [0.1, 0.15) is 13.8 Å². The number of rotatable bonds is 4. The zero-order valence-electron chi connectivity index (χ0n) is 10.7. The molecule has 0 fully saturated rings. The summed E-state index contributed by atoms with van der Waals surface area (Å²) in [5.41, 5.74) is 0.898. The maximum Gasteiger partial charge on any atom is 0.319 e. The first-order chi connectivity index (χ1) is 9.40. The largest absolute Gasteiger partial charge is 0.480 e. The van der Waals surface area contributed by atoms with Gasteiger partial charge in [-0.15, -0.1) is 0 Å². The molecule has 0 atom stereocenters. The number of hydrogen-bond donors (Lipinski definition) is 1. The Morgan fingerprint density at radius 1 is 1.20 bits per heavy atom. The summed E-state index contributed by atoms with van der Waals surface area (Å²) in [6, 6.07) is 0. The van der Waals surface area contributed by atoms with E-state index in [4.69, 9.17) is 5.11 Å². The number of carboxylic acid groups (broad SMARTS) is 1. The molecule has 2 aromatic heterocycles. The quantitative estimate of drug-likeness (QED) is 0.681. The van der Waals surface area contributed by atoms with E-state index in [0.29, 0.717) is 16.3 Å². The molecule has 8 heteroatoms. The van der Waals surface area contributed by atoms with Gasteiger partial charge in [0.2, 0.25) is 0 Å². The van der Waals surface area contributed by atoms with E-state index in [1.807, 2.05) is 0 Å². The van der Waals surface area contributed by atoms with Crippen LogP contribution in [0.4, 0.5) is 4.39 Å². The summed E-state index contributed by atoms with van der Waals surface area (Å²) in [6.07, 6.45) is 4.66. The van der Waals surface area contributed by atoms with Crippen molar-refractivity contribution >= 4 is 17.7 Å². The molecule has 0 spiro atoms. The number of nitrogens with zero attached hydrogens (tertiary/aromatic N) is 4. The lowest BCUT2D eigenvalue weighted by Gasteiger charge is -2.18. The van der Waals surface area contributed by atoms with Crippen molar-refractivity contribution in [3.63, 3.8) is 0 Å². The van der Waals surface area contributed by atoms with Gasteiger partial charge in [0.1, 0.15) is 15.5 Å². The van der Waals surface area contributed by atoms with Crippen molar-refractivity contribution < 1.29 is 14.3 Å². The van der Waals surface area contributed by atoms with E-state index in [2.05, 4.69) is 19.9 Å². The number of aliphatic carboxylic acids is 1. The summed E-state index contributed by atoms with van der Waals surface area (Å²) in [6.45, 7) is 3.14. The number of halogens is 1. The minimum Gasteiger partial charge on any atom is -0.480 e. The van der Waals surface area contributed by atoms with Gasteiger partial charge in [0.05, 0.1) is 0 Å². The first kappa shape index (κ1) is 14.3. The molecule has 6 nitrogen and oxygen atoms in total. The van der Waals surface area contributed by atoms with Gasteiger partial charge in [0.15, 0.2) is 0 Å². The van der Waals surface area contributed by atoms with E-state index in [0.717, 1.165) is 11.8 Å². The van der Waals surface area contributed by atoms with Gasteiger partial charge < -0.3 is 5.11 Å². The van der Waals surface area contributed by atoms with Gasteiger partial charge in [-0.05, 0) is 13.8 Å². The van der Waals surface area contributed by atoms with Crippen LogP contribution in [-0.4, -0.2) is 35.8 Å². The monoisotopic (exact) mass is 294 g/mol. The Morgan fingerprint density at radius 2 is 1.80 bits per heavy atom. The van der Waals surface area contributed by atoms with Gasteiger partial charge in [0.25, 0.3) is 0 Å². The minimum absolute atomic E-state index is 0.423. The third kappa shape index (κ3) is 3.08. The fraction of sp³-hybridized carbons (Fsp3) is 0.250. The average molecular weight is 294 g/mol. The van der Waals surface area contributed by atoms with Crippen LogP contribution in [0.3, 0.4) is 0 Å². The molecule has 0 amide bonds. The minimum atomic E-state index is -1.06. The molecule has 1 N–H and O–H groups in total. The Kier molecular flexibility index (Phi) is 3.93. The maximum absolute atomic E-state index is 12.7. The number of carboxylic acids is 1. The van der Waals surface area contributed by atoms with Crippen LogP contribution in [0, 0.1) is 6.08 Å². The molecule has 0 saturated heterocycles. The number of thioether (sulfide) groups is 1. The van der Waals surface area contributed by atoms with Crippen molar-refractivity contribution in [1.29, 1.82) is 0 Å². The van der Waals surface area contributed by atoms with E-state index in [-0.39, 0.29) is 0 Å². The summed E-state index contributed by atoms with van der Waals surface area (Å²) in [4.78, 5) is 26.4. The SMILES string of the molecule is CC(C)(Sc1nccnc1-c1cnc(F)nc1)C(=O)O. The van der Waals surface area contributed by atoms with Crippen LogP contribution in [-0.2, 0) is 4.79 Å². The molecule has 2 aromatic rings. The zero-order chi connectivity index (χ0) is 14.8. The lowest BCUT2D eigenvalue weighted by molar-refractivity contribution is -0.138. The molecule has 0 bridgehead atoms. The molecular weight excluding hydrogens is 283 g/mol. The van der Waals surface area contributed by atoms with Gasteiger partial charge in [0, 0.05) is 30.4 Å². The van der Waals surface area contributed by atoms with Crippen LogP contribution < -0.4 is 0 Å². The van der Waals surface area contributed by atoms with Crippen molar-refractivity contribution in [1.82, 2.24) is 19.9 Å². The van der Waals surface area contributed by atoms with E-state index in [1.165, 1.54) is 24.8 Å². The Labute approximate surface area is 118 Å². The number of hydrogen-bond acceptors (Lipinski definition) is 6. The highest BCUT2D eigenvalue weighted by Gasteiger charge is 2.30. The van der Waals surface area contributed by atoms with Crippen LogP contribution in [0.2, 0.25) is 0 Å². The maximum atomic E-state index is 12.7. The van der Waals surface area contributed by atoms with Crippen molar-refractivity contribution in [2.45, 2.75) is 23.6 Å². The molecule has 0 radical (unpaired) electrons. The Bertz CT molecular complexity index is 634. The van der Waals surface area contributed by atoms with E-state index < -0.39 is 16.8 Å². The molecule has 0 aliphatic rings. The van der Waals surface area contributed by atoms with Crippen molar-refractivity contribution in [3.8, 4) is 11.3 Å². The topological polar surface area (TPSA) is 88.9 Å². The predicted octanol–water partition coefficient (Wildman–Crippen LogP) is 2.03. The summed E-state index contributed by atoms with van der Waals surface area (Å²) in [7, 11) is 0. The van der Waals surface area contributed by atoms with Crippen molar-refractivity contribution in [2.24, 2.45) is 0 Å². The normalized spacial score (nSPS) is 11.3. The first-order valence-electron chi connectivity index (χ1n) is 5.61. The summed E-state index contributed by atoms with van der Waals surface area (Å²) in [5.74, 6) is -0.963. The standard InChI is InChI=1S/C12H11FN4O2S/c1-12(2,10(18)19)20-9-8(14-3-4-15-9)7-5-16-11(13)17-6-7/h3-6H,1-2H3,(H,18,19). The van der Waals surface area contributed by atoms with Crippen molar-refractivity contribution in [2.75, 3.05) is 0 Å². The number of carbonyl (C=O) groups is 1. The molecular formula is C12H11FN4O2S. The van der Waals surface area contributed by atoms with Crippen molar-refractivity contribution in [3.05, 3.63) is 30.9 Å². The van der Waals surface area contributed by atoms with Crippen LogP contribution in [0.15, 0.2) is 29.8 Å². The van der Waals surface area contributed by atoms with Crippen LogP contribution in [0.5, 0.6) is 0 Å². The van der Waals surface area contributed by atoms with Crippen LogP contribution in [0.25, 0.3) is 11.3 Å². The fourth-order valence-electron chi connectivity index (χ4n) is 1.32. The molecule has 0 aliphatic carbocycles. The predicted molar refractivity (Wildman–Crippen MR) is 70.6 cm³/mol. The molecule has 0 aromatic carbocycles. The van der Waals surface area contributed by atoms with Gasteiger partial charge in [-0.2, -0.15) is 4.39 Å². The molecule has 2 rings (SSSR count). The zero-order valence-corrected chi connectivity index (χ0v) is 11.6.